The first-order chi connectivity index (χ1) is 8.65. The van der Waals surface area contributed by atoms with Crippen LogP contribution in [0.25, 0.3) is 5.57 Å². The Morgan fingerprint density at radius 3 is 2.61 bits per heavy atom. The quantitative estimate of drug-likeness (QED) is 0.346. The molecule has 0 saturated carbocycles. The molecule has 0 N–H and O–H groups in total. The van der Waals surface area contributed by atoms with Crippen LogP contribution in [0.1, 0.15) is 18.1 Å². The summed E-state index contributed by atoms with van der Waals surface area (Å²) in [6.45, 7) is 1.38. The molecule has 92 valence electrons. The number of fused-ring (bicyclic) bond motifs is 1. The molecular formula is C15H14O3. The predicted octanol–water partition coefficient (Wildman–Crippen LogP) is 2.31. The van der Waals surface area contributed by atoms with Crippen LogP contribution in [0.3, 0.4) is 0 Å². The first kappa shape index (κ1) is 12.3. The lowest BCUT2D eigenvalue weighted by atomic mass is 9.88. The van der Waals surface area contributed by atoms with Crippen LogP contribution < -0.4 is 0 Å². The number of hydrogen-bond acceptors (Lipinski definition) is 3. The van der Waals surface area contributed by atoms with Crippen molar-refractivity contribution in [1.82, 2.24) is 0 Å². The van der Waals surface area contributed by atoms with Gasteiger partial charge < -0.3 is 4.74 Å². The van der Waals surface area contributed by atoms with Gasteiger partial charge in [-0.25, -0.2) is 4.79 Å². The van der Waals surface area contributed by atoms with Crippen molar-refractivity contribution in [3.8, 4) is 0 Å². The summed E-state index contributed by atoms with van der Waals surface area (Å²) < 4.78 is 4.69. The number of rotatable bonds is 2. The van der Waals surface area contributed by atoms with Gasteiger partial charge in [-0.15, -0.1) is 0 Å². The highest BCUT2D eigenvalue weighted by Crippen LogP contribution is 2.29. The molecule has 1 aromatic carbocycles. The molecular weight excluding hydrogens is 228 g/mol. The lowest BCUT2D eigenvalue weighted by Gasteiger charge is -2.16. The van der Waals surface area contributed by atoms with Gasteiger partial charge in [0.25, 0.3) is 0 Å². The minimum absolute atomic E-state index is 0.112. The summed E-state index contributed by atoms with van der Waals surface area (Å²) in [7, 11) is 1.28. The zero-order valence-electron chi connectivity index (χ0n) is 10.4. The Morgan fingerprint density at radius 1 is 1.22 bits per heavy atom. The first-order valence-corrected chi connectivity index (χ1v) is 5.73. The van der Waals surface area contributed by atoms with Gasteiger partial charge in [-0.1, -0.05) is 36.4 Å². The van der Waals surface area contributed by atoms with Gasteiger partial charge in [0.15, 0.2) is 5.78 Å². The second kappa shape index (κ2) is 5.00. The predicted molar refractivity (Wildman–Crippen MR) is 68.9 cm³/mol. The molecule has 2 rings (SSSR count). The molecule has 0 bridgehead atoms. The highest BCUT2D eigenvalue weighted by Gasteiger charge is 2.22. The van der Waals surface area contributed by atoms with E-state index in [9.17, 15) is 9.59 Å². The molecule has 3 heteroatoms. The zero-order valence-corrected chi connectivity index (χ0v) is 10.4. The average molecular weight is 242 g/mol. The normalized spacial score (nSPS) is 15.9. The molecule has 0 heterocycles. The summed E-state index contributed by atoms with van der Waals surface area (Å²) in [5.41, 5.74) is 2.80. The number of ether oxygens (including phenoxy) is 1. The first-order valence-electron chi connectivity index (χ1n) is 5.73. The summed E-state index contributed by atoms with van der Waals surface area (Å²) in [6.07, 6.45) is 4.57. The third kappa shape index (κ3) is 2.12. The molecule has 1 aliphatic carbocycles. The molecule has 1 aliphatic rings. The van der Waals surface area contributed by atoms with E-state index in [1.165, 1.54) is 14.0 Å². The van der Waals surface area contributed by atoms with Gasteiger partial charge in [-0.3, -0.25) is 4.79 Å². The smallest absolute Gasteiger partial charge is 0.342 e. The number of hydrogen-bond donors (Lipinski definition) is 0. The van der Waals surface area contributed by atoms with E-state index in [-0.39, 0.29) is 11.4 Å². The Hall–Kier alpha value is -2.16. The Labute approximate surface area is 106 Å². The van der Waals surface area contributed by atoms with Gasteiger partial charge in [0.1, 0.15) is 5.57 Å². The Morgan fingerprint density at radius 2 is 1.94 bits per heavy atom. The fourth-order valence-electron chi connectivity index (χ4n) is 2.12. The number of Topliss-reactive ketones (excluding diaryl/α,β-unsaturated/α-hetero) is 1. The lowest BCUT2D eigenvalue weighted by molar-refractivity contribution is -0.137. The van der Waals surface area contributed by atoms with E-state index in [4.69, 9.17) is 4.74 Å². The molecule has 3 nitrogen and oxygen atoms in total. The largest absolute Gasteiger partial charge is 0.465 e. The van der Waals surface area contributed by atoms with Crippen LogP contribution in [0, 0.1) is 0 Å². The summed E-state index contributed by atoms with van der Waals surface area (Å²) in [6, 6.07) is 7.75. The van der Waals surface area contributed by atoms with Crippen LogP contribution in [0.15, 0.2) is 42.0 Å². The number of esters is 1. The highest BCUT2D eigenvalue weighted by molar-refractivity contribution is 6.23. The fraction of sp³-hybridized carbons (Fsp3) is 0.200. The van der Waals surface area contributed by atoms with Gasteiger partial charge in [0, 0.05) is 0 Å². The summed E-state index contributed by atoms with van der Waals surface area (Å²) >= 11 is 0. The monoisotopic (exact) mass is 242 g/mol. The van der Waals surface area contributed by atoms with Gasteiger partial charge in [-0.2, -0.15) is 0 Å². The number of benzene rings is 1. The summed E-state index contributed by atoms with van der Waals surface area (Å²) in [5, 5.41) is 0. The molecule has 0 aliphatic heterocycles. The van der Waals surface area contributed by atoms with E-state index in [1.807, 2.05) is 36.4 Å². The van der Waals surface area contributed by atoms with Crippen molar-refractivity contribution in [2.75, 3.05) is 7.11 Å². The molecule has 0 atom stereocenters. The van der Waals surface area contributed by atoms with E-state index >= 15 is 0 Å². The average Bonchev–Trinajstić information content (AvgIpc) is 2.38. The molecule has 0 spiro atoms. The molecule has 0 saturated heterocycles. The van der Waals surface area contributed by atoms with Crippen molar-refractivity contribution in [2.24, 2.45) is 0 Å². The molecule has 0 fully saturated rings. The van der Waals surface area contributed by atoms with Gasteiger partial charge in [-0.05, 0) is 30.0 Å². The van der Waals surface area contributed by atoms with Crippen molar-refractivity contribution in [2.45, 2.75) is 13.3 Å². The van der Waals surface area contributed by atoms with Crippen LogP contribution in [0.2, 0.25) is 0 Å². The Kier molecular flexibility index (Phi) is 3.42. The minimum atomic E-state index is -0.584. The van der Waals surface area contributed by atoms with E-state index in [1.54, 1.807) is 0 Å². The van der Waals surface area contributed by atoms with Gasteiger partial charge in [0.05, 0.1) is 7.11 Å². The van der Waals surface area contributed by atoms with Gasteiger partial charge >= 0.3 is 5.97 Å². The third-order valence-corrected chi connectivity index (χ3v) is 2.94. The van der Waals surface area contributed by atoms with Crippen molar-refractivity contribution in [3.05, 3.63) is 53.1 Å². The van der Waals surface area contributed by atoms with Crippen molar-refractivity contribution in [3.63, 3.8) is 0 Å². The Bertz CT molecular complexity index is 565. The molecule has 0 amide bonds. The van der Waals surface area contributed by atoms with Gasteiger partial charge in [0.2, 0.25) is 0 Å². The van der Waals surface area contributed by atoms with Crippen LogP contribution in [-0.2, 0) is 20.7 Å². The standard InChI is InChI=1S/C15H14O3/c1-10(16)14(15(17)18-2)13-9-5-7-11-6-3-4-8-12(11)13/h3-6,8-9H,7H2,1-2H3. The zero-order chi connectivity index (χ0) is 13.1. The number of methoxy groups -OCH3 is 1. The van der Waals surface area contributed by atoms with Crippen molar-refractivity contribution < 1.29 is 14.3 Å². The van der Waals surface area contributed by atoms with E-state index in [0.717, 1.165) is 17.5 Å². The lowest BCUT2D eigenvalue weighted by Crippen LogP contribution is -2.15. The molecule has 0 radical (unpaired) electrons. The number of ketones is 1. The second-order valence-corrected chi connectivity index (χ2v) is 4.10. The number of allylic oxidation sites excluding steroid dienone is 3. The maximum Gasteiger partial charge on any atom is 0.342 e. The van der Waals surface area contributed by atoms with E-state index in [0.29, 0.717) is 5.57 Å². The minimum Gasteiger partial charge on any atom is -0.465 e. The van der Waals surface area contributed by atoms with E-state index in [2.05, 4.69) is 0 Å². The number of carbonyl (C=O) groups excluding carboxylic acids is 2. The van der Waals surface area contributed by atoms with Crippen molar-refractivity contribution in [1.29, 1.82) is 0 Å². The third-order valence-electron chi connectivity index (χ3n) is 2.94. The van der Waals surface area contributed by atoms with E-state index < -0.39 is 5.97 Å². The van der Waals surface area contributed by atoms with Crippen LogP contribution in [0.5, 0.6) is 0 Å². The van der Waals surface area contributed by atoms with Crippen LogP contribution >= 0.6 is 0 Å². The molecule has 0 aromatic heterocycles. The molecule has 1 aromatic rings. The SMILES string of the molecule is COC(=O)C(C(C)=O)=C1C=CCc2ccccc21. The van der Waals surface area contributed by atoms with Crippen molar-refractivity contribution >= 4 is 17.3 Å². The topological polar surface area (TPSA) is 43.4 Å². The molecule has 18 heavy (non-hydrogen) atoms. The maximum absolute atomic E-state index is 11.7. The fourth-order valence-corrected chi connectivity index (χ4v) is 2.12. The van der Waals surface area contributed by atoms with Crippen LogP contribution in [0.4, 0.5) is 0 Å². The summed E-state index contributed by atoms with van der Waals surface area (Å²) in [5.74, 6) is -0.864. The molecule has 0 unspecified atom stereocenters. The maximum atomic E-state index is 11.7. The Balaban J connectivity index is 2.66. The number of carbonyl (C=O) groups is 2. The second-order valence-electron chi connectivity index (χ2n) is 4.10. The van der Waals surface area contributed by atoms with Crippen LogP contribution in [-0.4, -0.2) is 18.9 Å². The highest BCUT2D eigenvalue weighted by atomic mass is 16.5. The summed E-state index contributed by atoms with van der Waals surface area (Å²) in [4.78, 5) is 23.4.